The third-order valence-corrected chi connectivity index (χ3v) is 5.35. The number of piperidine rings is 1. The van der Waals surface area contributed by atoms with Crippen LogP contribution in [0.4, 0.5) is 0 Å². The van der Waals surface area contributed by atoms with Crippen molar-refractivity contribution in [2.24, 2.45) is 7.05 Å². The lowest BCUT2D eigenvalue weighted by Crippen LogP contribution is -2.40. The molecule has 4 heterocycles. The van der Waals surface area contributed by atoms with E-state index in [2.05, 4.69) is 24.8 Å². The maximum Gasteiger partial charge on any atom is 0.224 e. The number of aryl methyl sites for hydroxylation is 2. The topological polar surface area (TPSA) is 86.7 Å². The summed E-state index contributed by atoms with van der Waals surface area (Å²) in [5.74, 6) is 2.25. The average Bonchev–Trinajstić information content (AvgIpc) is 3.44. The summed E-state index contributed by atoms with van der Waals surface area (Å²) in [6.07, 6.45) is 9.85. The number of imidazole rings is 1. The van der Waals surface area contributed by atoms with E-state index in [1.807, 2.05) is 46.6 Å². The molecule has 3 aromatic heterocycles. The van der Waals surface area contributed by atoms with Crippen LogP contribution in [0.5, 0.6) is 0 Å². The number of rotatable bonds is 6. The zero-order chi connectivity index (χ0) is 19.5. The third-order valence-electron chi connectivity index (χ3n) is 5.35. The first-order valence-corrected chi connectivity index (χ1v) is 9.72. The van der Waals surface area contributed by atoms with Crippen molar-refractivity contribution in [1.29, 1.82) is 0 Å². The van der Waals surface area contributed by atoms with Crippen molar-refractivity contribution in [3.63, 3.8) is 0 Å². The monoisotopic (exact) mass is 382 g/mol. The van der Waals surface area contributed by atoms with Gasteiger partial charge in [-0.2, -0.15) is 5.10 Å². The molecule has 1 amide bonds. The van der Waals surface area contributed by atoms with Gasteiger partial charge in [0.1, 0.15) is 5.82 Å². The fourth-order valence-electron chi connectivity index (χ4n) is 3.78. The summed E-state index contributed by atoms with van der Waals surface area (Å²) >= 11 is 0. The molecular weight excluding hydrogens is 356 g/mol. The van der Waals surface area contributed by atoms with Gasteiger partial charge in [-0.25, -0.2) is 4.98 Å². The van der Waals surface area contributed by atoms with E-state index in [0.29, 0.717) is 26.1 Å². The normalized spacial score (nSPS) is 17.2. The van der Waals surface area contributed by atoms with E-state index in [1.54, 1.807) is 12.5 Å². The van der Waals surface area contributed by atoms with Crippen LogP contribution in [0, 0.1) is 6.92 Å². The summed E-state index contributed by atoms with van der Waals surface area (Å²) in [6.45, 7) is 4.73. The summed E-state index contributed by atoms with van der Waals surface area (Å²) < 4.78 is 5.87. The smallest absolute Gasteiger partial charge is 0.224 e. The molecule has 148 valence electrons. The van der Waals surface area contributed by atoms with E-state index in [4.69, 9.17) is 0 Å². The second-order valence-electron chi connectivity index (χ2n) is 7.42. The first kappa shape index (κ1) is 18.4. The van der Waals surface area contributed by atoms with Crippen molar-refractivity contribution in [3.05, 3.63) is 48.3 Å². The van der Waals surface area contributed by atoms with E-state index < -0.39 is 0 Å². The molecule has 0 N–H and O–H groups in total. The summed E-state index contributed by atoms with van der Waals surface area (Å²) in [5, 5.41) is 13.2. The van der Waals surface area contributed by atoms with Crippen LogP contribution < -0.4 is 0 Å². The second kappa shape index (κ2) is 7.95. The molecule has 9 heteroatoms. The van der Waals surface area contributed by atoms with E-state index in [-0.39, 0.29) is 11.8 Å². The average molecular weight is 382 g/mol. The molecule has 0 aliphatic carbocycles. The van der Waals surface area contributed by atoms with Gasteiger partial charge in [0.05, 0.1) is 18.6 Å². The first-order chi connectivity index (χ1) is 13.6. The van der Waals surface area contributed by atoms with Crippen LogP contribution in [0.25, 0.3) is 0 Å². The SMILES string of the molecule is Cc1ccn(CCC(=O)N2CCC[C@H](c3nnc(Cn4ccnc4)n3C)C2)n1. The molecular formula is C19H26N8O. The van der Waals surface area contributed by atoms with E-state index in [1.165, 1.54) is 0 Å². The Morgan fingerprint density at radius 3 is 2.93 bits per heavy atom. The first-order valence-electron chi connectivity index (χ1n) is 9.72. The number of nitrogens with zero attached hydrogens (tertiary/aromatic N) is 8. The lowest BCUT2D eigenvalue weighted by Gasteiger charge is -2.32. The lowest BCUT2D eigenvalue weighted by atomic mass is 9.97. The van der Waals surface area contributed by atoms with Gasteiger partial charge in [0.25, 0.3) is 0 Å². The zero-order valence-electron chi connectivity index (χ0n) is 16.4. The van der Waals surface area contributed by atoms with Crippen LogP contribution in [0.3, 0.4) is 0 Å². The van der Waals surface area contributed by atoms with E-state index in [9.17, 15) is 4.79 Å². The summed E-state index contributed by atoms with van der Waals surface area (Å²) in [5.41, 5.74) is 0.972. The molecule has 0 saturated carbocycles. The fourth-order valence-corrected chi connectivity index (χ4v) is 3.78. The highest BCUT2D eigenvalue weighted by atomic mass is 16.2. The lowest BCUT2D eigenvalue weighted by molar-refractivity contribution is -0.132. The maximum absolute atomic E-state index is 12.7. The minimum Gasteiger partial charge on any atom is -0.342 e. The van der Waals surface area contributed by atoms with Crippen molar-refractivity contribution in [2.75, 3.05) is 13.1 Å². The van der Waals surface area contributed by atoms with Crippen LogP contribution >= 0.6 is 0 Å². The number of aromatic nitrogens is 7. The molecule has 0 aromatic carbocycles. The van der Waals surface area contributed by atoms with Gasteiger partial charge in [-0.3, -0.25) is 9.48 Å². The van der Waals surface area contributed by atoms with Gasteiger partial charge < -0.3 is 14.0 Å². The molecule has 28 heavy (non-hydrogen) atoms. The summed E-state index contributed by atoms with van der Waals surface area (Å²) in [6, 6.07) is 1.96. The van der Waals surface area contributed by atoms with Crippen LogP contribution in [-0.2, 0) is 24.9 Å². The Bertz CT molecular complexity index is 926. The van der Waals surface area contributed by atoms with Gasteiger partial charge in [-0.05, 0) is 25.8 Å². The Hall–Kier alpha value is -2.97. The molecule has 3 aromatic rings. The van der Waals surface area contributed by atoms with Crippen molar-refractivity contribution < 1.29 is 4.79 Å². The Morgan fingerprint density at radius 2 is 2.18 bits per heavy atom. The predicted molar refractivity (Wildman–Crippen MR) is 102 cm³/mol. The van der Waals surface area contributed by atoms with Gasteiger partial charge >= 0.3 is 0 Å². The maximum atomic E-state index is 12.7. The van der Waals surface area contributed by atoms with Gasteiger partial charge in [0.2, 0.25) is 5.91 Å². The Labute approximate surface area is 164 Å². The Morgan fingerprint density at radius 1 is 1.29 bits per heavy atom. The van der Waals surface area contributed by atoms with Crippen molar-refractivity contribution >= 4 is 5.91 Å². The number of carbonyl (C=O) groups excluding carboxylic acids is 1. The van der Waals surface area contributed by atoms with Crippen molar-refractivity contribution in [1.82, 2.24) is 39.0 Å². The largest absolute Gasteiger partial charge is 0.342 e. The number of likely N-dealkylation sites (tertiary alicyclic amines) is 1. The molecule has 1 saturated heterocycles. The van der Waals surface area contributed by atoms with E-state index in [0.717, 1.165) is 36.7 Å². The molecule has 1 aliphatic heterocycles. The molecule has 1 fully saturated rings. The number of hydrogen-bond donors (Lipinski definition) is 0. The zero-order valence-corrected chi connectivity index (χ0v) is 16.4. The molecule has 1 atom stereocenters. The molecule has 0 spiro atoms. The minimum atomic E-state index is 0.179. The van der Waals surface area contributed by atoms with Gasteiger partial charge in [0, 0.05) is 57.6 Å². The predicted octanol–water partition coefficient (Wildman–Crippen LogP) is 1.36. The van der Waals surface area contributed by atoms with Crippen molar-refractivity contribution in [3.8, 4) is 0 Å². The summed E-state index contributed by atoms with van der Waals surface area (Å²) in [4.78, 5) is 18.7. The fraction of sp³-hybridized carbons (Fsp3) is 0.526. The van der Waals surface area contributed by atoms with Crippen LogP contribution in [0.2, 0.25) is 0 Å². The van der Waals surface area contributed by atoms with Crippen molar-refractivity contribution in [2.45, 2.75) is 45.2 Å². The highest BCUT2D eigenvalue weighted by Gasteiger charge is 2.28. The number of hydrogen-bond acceptors (Lipinski definition) is 5. The van der Waals surface area contributed by atoms with Gasteiger partial charge in [-0.1, -0.05) is 0 Å². The second-order valence-corrected chi connectivity index (χ2v) is 7.42. The van der Waals surface area contributed by atoms with Gasteiger partial charge in [-0.15, -0.1) is 10.2 Å². The molecule has 1 aliphatic rings. The summed E-state index contributed by atoms with van der Waals surface area (Å²) in [7, 11) is 2.00. The molecule has 0 radical (unpaired) electrons. The van der Waals surface area contributed by atoms with Crippen LogP contribution in [0.1, 0.15) is 42.5 Å². The van der Waals surface area contributed by atoms with Gasteiger partial charge in [0.15, 0.2) is 5.82 Å². The van der Waals surface area contributed by atoms with E-state index >= 15 is 0 Å². The Balaban J connectivity index is 1.38. The number of amides is 1. The molecule has 0 bridgehead atoms. The Kier molecular flexibility index (Phi) is 5.23. The third kappa shape index (κ3) is 3.97. The highest BCUT2D eigenvalue weighted by molar-refractivity contribution is 5.76. The quantitative estimate of drug-likeness (QED) is 0.642. The van der Waals surface area contributed by atoms with Crippen LogP contribution in [-0.4, -0.2) is 58.0 Å². The van der Waals surface area contributed by atoms with Crippen LogP contribution in [0.15, 0.2) is 31.0 Å². The number of carbonyl (C=O) groups is 1. The molecule has 9 nitrogen and oxygen atoms in total. The molecule has 0 unspecified atom stereocenters. The standard InChI is InChI=1S/C19H26N8O/c1-15-5-9-27(23-15)10-6-18(28)26-8-3-4-16(12-26)19-22-21-17(24(19)2)13-25-11-7-20-14-25/h5,7,9,11,14,16H,3-4,6,8,10,12-13H2,1-2H3/t16-/m0/s1. The highest BCUT2D eigenvalue weighted by Crippen LogP contribution is 2.26. The minimum absolute atomic E-state index is 0.179. The molecule has 4 rings (SSSR count).